The van der Waals surface area contributed by atoms with Crippen LogP contribution in [-0.4, -0.2) is 22.8 Å². The van der Waals surface area contributed by atoms with Crippen LogP contribution in [0.15, 0.2) is 36.4 Å². The first-order valence-electron chi connectivity index (χ1n) is 5.79. The van der Waals surface area contributed by atoms with Crippen LogP contribution < -0.4 is 0 Å². The molecule has 2 rings (SSSR count). The van der Waals surface area contributed by atoms with E-state index in [4.69, 9.17) is 0 Å². The summed E-state index contributed by atoms with van der Waals surface area (Å²) in [4.78, 5) is 16.6. The normalized spacial score (nSPS) is 10.4. The van der Waals surface area contributed by atoms with Crippen molar-refractivity contribution in [3.63, 3.8) is 0 Å². The fourth-order valence-corrected chi connectivity index (χ4v) is 1.70. The summed E-state index contributed by atoms with van der Waals surface area (Å²) in [6, 6.07) is 6.96. The van der Waals surface area contributed by atoms with Crippen LogP contribution in [0.1, 0.15) is 16.1 Å². The van der Waals surface area contributed by atoms with E-state index in [1.807, 2.05) is 0 Å². The molecule has 0 aliphatic rings. The van der Waals surface area contributed by atoms with Crippen molar-refractivity contribution in [1.29, 1.82) is 0 Å². The number of benzene rings is 1. The summed E-state index contributed by atoms with van der Waals surface area (Å²) in [6.45, 7) is -0.0663. The van der Waals surface area contributed by atoms with Crippen LogP contribution >= 0.6 is 0 Å². The third-order valence-electron chi connectivity index (χ3n) is 2.70. The van der Waals surface area contributed by atoms with Crippen molar-refractivity contribution in [2.24, 2.45) is 0 Å². The van der Waals surface area contributed by atoms with Gasteiger partial charge in [0.15, 0.2) is 0 Å². The number of halogens is 3. The lowest BCUT2D eigenvalue weighted by atomic mass is 10.2. The first-order chi connectivity index (χ1) is 9.47. The summed E-state index contributed by atoms with van der Waals surface area (Å²) < 4.78 is 39.2. The van der Waals surface area contributed by atoms with Crippen molar-refractivity contribution in [1.82, 2.24) is 9.88 Å². The maximum atomic E-state index is 13.5. The highest BCUT2D eigenvalue weighted by Gasteiger charge is 2.15. The minimum Gasteiger partial charge on any atom is -0.336 e. The molecule has 0 aliphatic carbocycles. The molecule has 3 nitrogen and oxygen atoms in total. The molecule has 1 amide bonds. The Morgan fingerprint density at radius 1 is 1.20 bits per heavy atom. The van der Waals surface area contributed by atoms with Crippen molar-refractivity contribution in [3.8, 4) is 0 Å². The summed E-state index contributed by atoms with van der Waals surface area (Å²) in [5.41, 5.74) is 0.0914. The van der Waals surface area contributed by atoms with Crippen LogP contribution in [0.3, 0.4) is 0 Å². The van der Waals surface area contributed by atoms with Gasteiger partial charge in [0.2, 0.25) is 5.95 Å². The summed E-state index contributed by atoms with van der Waals surface area (Å²) in [5, 5.41) is 0. The van der Waals surface area contributed by atoms with E-state index in [9.17, 15) is 18.0 Å². The van der Waals surface area contributed by atoms with E-state index in [1.54, 1.807) is 0 Å². The predicted octanol–water partition coefficient (Wildman–Crippen LogP) is 2.77. The molecule has 0 fully saturated rings. The first-order valence-corrected chi connectivity index (χ1v) is 5.79. The van der Waals surface area contributed by atoms with Crippen molar-refractivity contribution < 1.29 is 18.0 Å². The molecule has 0 saturated carbocycles. The Morgan fingerprint density at radius 3 is 2.60 bits per heavy atom. The monoisotopic (exact) mass is 280 g/mol. The summed E-state index contributed by atoms with van der Waals surface area (Å²) >= 11 is 0. The van der Waals surface area contributed by atoms with Gasteiger partial charge in [0.05, 0.1) is 0 Å². The molecule has 6 heteroatoms. The van der Waals surface area contributed by atoms with Gasteiger partial charge in [0.25, 0.3) is 5.91 Å². The molecule has 2 aromatic rings. The second-order valence-corrected chi connectivity index (χ2v) is 4.24. The average molecular weight is 280 g/mol. The van der Waals surface area contributed by atoms with E-state index >= 15 is 0 Å². The van der Waals surface area contributed by atoms with E-state index < -0.39 is 23.5 Å². The smallest absolute Gasteiger partial charge is 0.272 e. The predicted molar refractivity (Wildman–Crippen MR) is 66.4 cm³/mol. The highest BCUT2D eigenvalue weighted by atomic mass is 19.1. The lowest BCUT2D eigenvalue weighted by Crippen LogP contribution is -2.27. The molecule has 1 aromatic heterocycles. The van der Waals surface area contributed by atoms with Crippen LogP contribution in [0.5, 0.6) is 0 Å². The Kier molecular flexibility index (Phi) is 4.02. The maximum Gasteiger partial charge on any atom is 0.272 e. The van der Waals surface area contributed by atoms with Gasteiger partial charge in [-0.05, 0) is 18.2 Å². The number of hydrogen-bond acceptors (Lipinski definition) is 2. The third kappa shape index (κ3) is 3.14. The van der Waals surface area contributed by atoms with E-state index in [-0.39, 0.29) is 17.8 Å². The second kappa shape index (κ2) is 5.73. The molecule has 0 saturated heterocycles. The summed E-state index contributed by atoms with van der Waals surface area (Å²) in [7, 11) is 1.43. The van der Waals surface area contributed by atoms with Gasteiger partial charge < -0.3 is 4.90 Å². The van der Waals surface area contributed by atoms with Gasteiger partial charge >= 0.3 is 0 Å². The van der Waals surface area contributed by atoms with Gasteiger partial charge in [-0.25, -0.2) is 13.8 Å². The van der Waals surface area contributed by atoms with E-state index in [1.165, 1.54) is 30.1 Å². The quantitative estimate of drug-likeness (QED) is 0.810. The zero-order chi connectivity index (χ0) is 14.7. The Hall–Kier alpha value is -2.37. The molecule has 1 heterocycles. The topological polar surface area (TPSA) is 33.2 Å². The average Bonchev–Trinajstić information content (AvgIpc) is 2.41. The molecular weight excluding hydrogens is 269 g/mol. The largest absolute Gasteiger partial charge is 0.336 e. The van der Waals surface area contributed by atoms with Gasteiger partial charge in [0, 0.05) is 25.2 Å². The molecule has 104 valence electrons. The SMILES string of the molecule is CN(Cc1ccc(F)cc1F)C(=O)c1cccc(F)n1. The van der Waals surface area contributed by atoms with Gasteiger partial charge in [-0.3, -0.25) is 4.79 Å². The standard InChI is InChI=1S/C14H11F3N2O/c1-19(8-9-5-6-10(15)7-11(9)16)14(20)12-3-2-4-13(17)18-12/h2-7H,8H2,1H3. The Balaban J connectivity index is 2.15. The number of aromatic nitrogens is 1. The molecule has 0 atom stereocenters. The summed E-state index contributed by atoms with van der Waals surface area (Å²) in [5.74, 6) is -2.74. The van der Waals surface area contributed by atoms with E-state index in [0.29, 0.717) is 0 Å². The molecule has 0 radical (unpaired) electrons. The van der Waals surface area contributed by atoms with Crippen LogP contribution in [0.2, 0.25) is 0 Å². The maximum absolute atomic E-state index is 13.5. The number of carbonyl (C=O) groups excluding carboxylic acids is 1. The Morgan fingerprint density at radius 2 is 1.95 bits per heavy atom. The highest BCUT2D eigenvalue weighted by molar-refractivity contribution is 5.92. The fourth-order valence-electron chi connectivity index (χ4n) is 1.70. The molecular formula is C14H11F3N2O. The molecule has 0 spiro atoms. The van der Waals surface area contributed by atoms with Crippen LogP contribution in [0, 0.1) is 17.6 Å². The zero-order valence-electron chi connectivity index (χ0n) is 10.6. The zero-order valence-corrected chi connectivity index (χ0v) is 10.6. The molecule has 0 unspecified atom stereocenters. The first kappa shape index (κ1) is 14.0. The molecule has 0 N–H and O–H groups in total. The molecule has 1 aromatic carbocycles. The van der Waals surface area contributed by atoms with Crippen LogP contribution in [0.4, 0.5) is 13.2 Å². The third-order valence-corrected chi connectivity index (χ3v) is 2.70. The minimum absolute atomic E-state index is 0.0663. The number of rotatable bonds is 3. The Bertz CT molecular complexity index is 646. The number of amides is 1. The van der Waals surface area contributed by atoms with Crippen LogP contribution in [-0.2, 0) is 6.54 Å². The fraction of sp³-hybridized carbons (Fsp3) is 0.143. The molecule has 0 bridgehead atoms. The Labute approximate surface area is 113 Å². The van der Waals surface area contributed by atoms with E-state index in [0.717, 1.165) is 18.2 Å². The van der Waals surface area contributed by atoms with Gasteiger partial charge in [-0.2, -0.15) is 4.39 Å². The number of pyridine rings is 1. The van der Waals surface area contributed by atoms with Crippen LogP contribution in [0.25, 0.3) is 0 Å². The van der Waals surface area contributed by atoms with Gasteiger partial charge in [-0.15, -0.1) is 0 Å². The van der Waals surface area contributed by atoms with Gasteiger partial charge in [0.1, 0.15) is 17.3 Å². The van der Waals surface area contributed by atoms with E-state index in [2.05, 4.69) is 4.98 Å². The lowest BCUT2D eigenvalue weighted by molar-refractivity contribution is 0.0776. The van der Waals surface area contributed by atoms with Crippen molar-refractivity contribution in [3.05, 3.63) is 65.2 Å². The van der Waals surface area contributed by atoms with Gasteiger partial charge in [-0.1, -0.05) is 12.1 Å². The minimum atomic E-state index is -0.766. The molecule has 20 heavy (non-hydrogen) atoms. The van der Waals surface area contributed by atoms with Crippen molar-refractivity contribution in [2.75, 3.05) is 7.05 Å². The molecule has 0 aliphatic heterocycles. The summed E-state index contributed by atoms with van der Waals surface area (Å²) in [6.07, 6.45) is 0. The number of hydrogen-bond donors (Lipinski definition) is 0. The number of carbonyl (C=O) groups is 1. The lowest BCUT2D eigenvalue weighted by Gasteiger charge is -2.17. The second-order valence-electron chi connectivity index (χ2n) is 4.24. The van der Waals surface area contributed by atoms with Crippen molar-refractivity contribution in [2.45, 2.75) is 6.54 Å². The van der Waals surface area contributed by atoms with Crippen molar-refractivity contribution >= 4 is 5.91 Å². The highest BCUT2D eigenvalue weighted by Crippen LogP contribution is 2.13. The number of nitrogens with zero attached hydrogens (tertiary/aromatic N) is 2.